The molecular formula is C46H60N2O10. The Morgan fingerprint density at radius 1 is 0.517 bits per heavy atom. The van der Waals surface area contributed by atoms with Crippen molar-refractivity contribution in [2.75, 3.05) is 26.2 Å². The third kappa shape index (κ3) is 14.2. The maximum Gasteiger partial charge on any atom is 0.335 e. The van der Waals surface area contributed by atoms with E-state index in [1.807, 2.05) is 38.1 Å². The Morgan fingerprint density at radius 2 is 0.810 bits per heavy atom. The molecule has 0 bridgehead atoms. The van der Waals surface area contributed by atoms with Gasteiger partial charge in [-0.2, -0.15) is 0 Å². The summed E-state index contributed by atoms with van der Waals surface area (Å²) >= 11 is 0. The van der Waals surface area contributed by atoms with Crippen molar-refractivity contribution in [3.05, 3.63) is 131 Å². The predicted octanol–water partition coefficient (Wildman–Crippen LogP) is 5.42. The molecule has 0 radical (unpaired) electrons. The van der Waals surface area contributed by atoms with Gasteiger partial charge < -0.3 is 40.9 Å². The number of rotatable bonds is 13. The van der Waals surface area contributed by atoms with E-state index >= 15 is 0 Å². The summed E-state index contributed by atoms with van der Waals surface area (Å²) in [7, 11) is 0. The lowest BCUT2D eigenvalue weighted by atomic mass is 9.89. The van der Waals surface area contributed by atoms with E-state index in [2.05, 4.69) is 70.5 Å². The van der Waals surface area contributed by atoms with Crippen LogP contribution in [0, 0.1) is 11.8 Å². The van der Waals surface area contributed by atoms with Crippen LogP contribution in [-0.2, 0) is 22.4 Å². The van der Waals surface area contributed by atoms with E-state index in [0.717, 1.165) is 75.8 Å². The largest absolute Gasteiger partial charge is 0.508 e. The molecule has 2 aliphatic heterocycles. The minimum Gasteiger partial charge on any atom is -0.508 e. The number of hydrogen-bond acceptors (Lipinski definition) is 10. The Balaban J connectivity index is 0.000000209. The van der Waals surface area contributed by atoms with Crippen molar-refractivity contribution < 1.29 is 50.4 Å². The first kappa shape index (κ1) is 45.9. The van der Waals surface area contributed by atoms with E-state index in [1.165, 1.54) is 11.1 Å². The number of phenols is 2. The Kier molecular flexibility index (Phi) is 18.1. The zero-order chi connectivity index (χ0) is 42.2. The van der Waals surface area contributed by atoms with E-state index in [0.29, 0.717) is 11.8 Å². The number of carbonyl (C=O) groups is 2. The molecule has 8 N–H and O–H groups in total. The fourth-order valence-electron chi connectivity index (χ4n) is 7.54. The fourth-order valence-corrected chi connectivity index (χ4v) is 7.54. The highest BCUT2D eigenvalue weighted by Crippen LogP contribution is 2.30. The number of carboxylic acids is 2. The number of benzene rings is 4. The molecule has 6 rings (SSSR count). The van der Waals surface area contributed by atoms with E-state index in [4.69, 9.17) is 20.4 Å². The number of aliphatic carboxylic acids is 2. The van der Waals surface area contributed by atoms with Gasteiger partial charge in [0, 0.05) is 38.0 Å². The standard InChI is InChI=1S/2C21H27NO2.C4H6O6/c2*1-16(19-7-9-20(23)10-8-19)21(24)22-13-11-18(12-14-22)15-17-5-3-2-4-6-17;5-1(3(7)8)2(6)4(9)10/h2*2-10,16,18,21,23-24H,11-15H2,1H3;1-2,5-6H,(H,7,8)(H,9,10)/t;;1-,2-/m..1/s1. The van der Waals surface area contributed by atoms with Crippen molar-refractivity contribution in [3.63, 3.8) is 0 Å². The maximum atomic E-state index is 10.7. The van der Waals surface area contributed by atoms with Gasteiger partial charge in [-0.05, 0) is 96.9 Å². The van der Waals surface area contributed by atoms with Crippen molar-refractivity contribution in [2.45, 2.75) is 88.9 Å². The maximum absolute atomic E-state index is 10.7. The number of aliphatic hydroxyl groups excluding tert-OH is 4. The smallest absolute Gasteiger partial charge is 0.335 e. The van der Waals surface area contributed by atoms with Gasteiger partial charge in [-0.25, -0.2) is 9.59 Å². The highest BCUT2D eigenvalue weighted by atomic mass is 16.4. The monoisotopic (exact) mass is 800 g/mol. The van der Waals surface area contributed by atoms with Gasteiger partial charge in [-0.3, -0.25) is 9.80 Å². The van der Waals surface area contributed by atoms with Crippen LogP contribution in [0.3, 0.4) is 0 Å². The molecular weight excluding hydrogens is 741 g/mol. The molecule has 4 aromatic rings. The van der Waals surface area contributed by atoms with E-state index in [-0.39, 0.29) is 23.3 Å². The fraction of sp³-hybridized carbons (Fsp3) is 0.435. The van der Waals surface area contributed by atoms with E-state index < -0.39 is 36.6 Å². The average molecular weight is 801 g/mol. The topological polar surface area (TPSA) is 202 Å². The Labute approximate surface area is 341 Å². The van der Waals surface area contributed by atoms with Crippen molar-refractivity contribution in [3.8, 4) is 11.5 Å². The summed E-state index contributed by atoms with van der Waals surface area (Å²) in [6.45, 7) is 7.88. The van der Waals surface area contributed by atoms with E-state index in [1.54, 1.807) is 24.3 Å². The number of carboxylic acid groups (broad SMARTS) is 2. The number of likely N-dealkylation sites (tertiary alicyclic amines) is 2. The van der Waals surface area contributed by atoms with Crippen molar-refractivity contribution in [1.82, 2.24) is 9.80 Å². The summed E-state index contributed by atoms with van der Waals surface area (Å²) in [6, 6.07) is 35.7. The normalized spacial score (nSPS) is 18.5. The van der Waals surface area contributed by atoms with Gasteiger partial charge in [-0.15, -0.1) is 0 Å². The van der Waals surface area contributed by atoms with Crippen LogP contribution in [0.25, 0.3) is 0 Å². The second-order valence-corrected chi connectivity index (χ2v) is 15.5. The highest BCUT2D eigenvalue weighted by Gasteiger charge is 2.30. The Hall–Kier alpha value is -4.82. The molecule has 0 aromatic heterocycles. The number of aliphatic hydroxyl groups is 4. The van der Waals surface area contributed by atoms with Crippen molar-refractivity contribution in [1.29, 1.82) is 0 Å². The predicted molar refractivity (Wildman–Crippen MR) is 221 cm³/mol. The summed E-state index contributed by atoms with van der Waals surface area (Å²) in [5.74, 6) is -1.51. The third-order valence-corrected chi connectivity index (χ3v) is 11.3. The molecule has 0 saturated carbocycles. The van der Waals surface area contributed by atoms with Gasteiger partial charge in [0.1, 0.15) is 24.0 Å². The third-order valence-electron chi connectivity index (χ3n) is 11.3. The lowest BCUT2D eigenvalue weighted by molar-refractivity contribution is -0.165. The molecule has 6 atom stereocenters. The van der Waals surface area contributed by atoms with Crippen molar-refractivity contribution in [2.24, 2.45) is 11.8 Å². The van der Waals surface area contributed by atoms with Gasteiger partial charge >= 0.3 is 11.9 Å². The molecule has 4 aromatic carbocycles. The van der Waals surface area contributed by atoms with Gasteiger partial charge in [-0.1, -0.05) is 98.8 Å². The molecule has 0 spiro atoms. The van der Waals surface area contributed by atoms with Crippen LogP contribution >= 0.6 is 0 Å². The van der Waals surface area contributed by atoms with Gasteiger partial charge in [0.2, 0.25) is 0 Å². The summed E-state index contributed by atoms with van der Waals surface area (Å²) in [5.41, 5.74) is 4.95. The minimum absolute atomic E-state index is 0.0382. The van der Waals surface area contributed by atoms with Gasteiger partial charge in [0.15, 0.2) is 12.2 Å². The quantitative estimate of drug-likeness (QED) is 0.0856. The summed E-state index contributed by atoms with van der Waals surface area (Å²) < 4.78 is 0. The van der Waals surface area contributed by atoms with Crippen LogP contribution in [0.15, 0.2) is 109 Å². The lowest BCUT2D eigenvalue weighted by Gasteiger charge is -2.37. The molecule has 12 nitrogen and oxygen atoms in total. The van der Waals surface area contributed by atoms with Crippen LogP contribution < -0.4 is 0 Å². The minimum atomic E-state index is -2.27. The first-order valence-corrected chi connectivity index (χ1v) is 20.0. The zero-order valence-electron chi connectivity index (χ0n) is 33.4. The summed E-state index contributed by atoms with van der Waals surface area (Å²) in [5, 5.41) is 72.7. The number of hydrogen-bond donors (Lipinski definition) is 8. The second kappa shape index (κ2) is 22.9. The lowest BCUT2D eigenvalue weighted by Crippen LogP contribution is -2.44. The molecule has 314 valence electrons. The first-order chi connectivity index (χ1) is 27.7. The molecule has 2 saturated heterocycles. The average Bonchev–Trinajstić information content (AvgIpc) is 3.24. The highest BCUT2D eigenvalue weighted by molar-refractivity contribution is 5.83. The molecule has 58 heavy (non-hydrogen) atoms. The number of piperidine rings is 2. The van der Waals surface area contributed by atoms with Crippen LogP contribution in [0.2, 0.25) is 0 Å². The molecule has 2 heterocycles. The first-order valence-electron chi connectivity index (χ1n) is 20.0. The Morgan fingerprint density at radius 3 is 1.09 bits per heavy atom. The summed E-state index contributed by atoms with van der Waals surface area (Å²) in [6.07, 6.45) is 1.34. The number of aromatic hydroxyl groups is 2. The zero-order valence-corrected chi connectivity index (χ0v) is 33.4. The molecule has 2 fully saturated rings. The molecule has 4 unspecified atom stereocenters. The second-order valence-electron chi connectivity index (χ2n) is 15.5. The number of phenolic OH excluding ortho intramolecular Hbond substituents is 2. The van der Waals surface area contributed by atoms with Gasteiger partial charge in [0.25, 0.3) is 0 Å². The van der Waals surface area contributed by atoms with Crippen LogP contribution in [0.4, 0.5) is 0 Å². The summed E-state index contributed by atoms with van der Waals surface area (Å²) in [4.78, 5) is 23.9. The molecule has 12 heteroatoms. The van der Waals surface area contributed by atoms with Gasteiger partial charge in [0.05, 0.1) is 0 Å². The van der Waals surface area contributed by atoms with Crippen molar-refractivity contribution >= 4 is 11.9 Å². The van der Waals surface area contributed by atoms with E-state index in [9.17, 15) is 30.0 Å². The SMILES string of the molecule is CC(c1ccc(O)cc1)C(O)N1CCC(Cc2ccccc2)CC1.CC(c1ccc(O)cc1)C(O)N1CCC(Cc2ccccc2)CC1.O=C(O)[C@H](O)[C@@H](O)C(=O)O. The van der Waals surface area contributed by atoms with Crippen LogP contribution in [-0.4, -0.2) is 113 Å². The molecule has 2 aliphatic rings. The molecule has 0 amide bonds. The molecule has 0 aliphatic carbocycles. The van der Waals surface area contributed by atoms with Crippen LogP contribution in [0.1, 0.15) is 73.6 Å². The van der Waals surface area contributed by atoms with Crippen LogP contribution in [0.5, 0.6) is 11.5 Å². The number of nitrogens with zero attached hydrogens (tertiary/aromatic N) is 2. The Bertz CT molecular complexity index is 1650.